The van der Waals surface area contributed by atoms with Crippen molar-refractivity contribution in [2.24, 2.45) is 11.7 Å². The second-order valence-corrected chi connectivity index (χ2v) is 6.80. The summed E-state index contributed by atoms with van der Waals surface area (Å²) in [6, 6.07) is 4.20. The highest BCUT2D eigenvalue weighted by Gasteiger charge is 2.15. The van der Waals surface area contributed by atoms with Gasteiger partial charge in [-0.15, -0.1) is 0 Å². The highest BCUT2D eigenvalue weighted by Crippen LogP contribution is 2.25. The highest BCUT2D eigenvalue weighted by molar-refractivity contribution is 7.90. The number of hydrogen-bond donors (Lipinski definition) is 2. The number of rotatable bonds is 5. The van der Waals surface area contributed by atoms with E-state index in [0.29, 0.717) is 23.7 Å². The van der Waals surface area contributed by atoms with E-state index in [1.54, 1.807) is 6.92 Å². The molecule has 5 nitrogen and oxygen atoms in total. The van der Waals surface area contributed by atoms with Crippen molar-refractivity contribution >= 4 is 33.0 Å². The topological polar surface area (TPSA) is 89.3 Å². The summed E-state index contributed by atoms with van der Waals surface area (Å²) in [5, 5.41) is 2.91. The van der Waals surface area contributed by atoms with Gasteiger partial charge in [0.1, 0.15) is 0 Å². The SMILES string of the molecule is CC(CCN)C(=O)Nc1cc(S(C)(=O)=O)ccc1Cl. The molecule has 1 unspecified atom stereocenters. The number of hydrogen-bond acceptors (Lipinski definition) is 4. The number of carbonyl (C=O) groups is 1. The van der Waals surface area contributed by atoms with Crippen LogP contribution in [0.3, 0.4) is 0 Å². The zero-order valence-electron chi connectivity index (χ0n) is 10.8. The van der Waals surface area contributed by atoms with Crippen LogP contribution in [0.15, 0.2) is 23.1 Å². The molecule has 1 rings (SSSR count). The van der Waals surface area contributed by atoms with Crippen molar-refractivity contribution in [3.05, 3.63) is 23.2 Å². The number of nitrogens with two attached hydrogens (primary N) is 1. The van der Waals surface area contributed by atoms with E-state index in [9.17, 15) is 13.2 Å². The van der Waals surface area contributed by atoms with Crippen LogP contribution in [-0.2, 0) is 14.6 Å². The van der Waals surface area contributed by atoms with Crippen molar-refractivity contribution in [2.75, 3.05) is 18.1 Å². The molecule has 0 radical (unpaired) electrons. The van der Waals surface area contributed by atoms with Crippen LogP contribution in [-0.4, -0.2) is 27.1 Å². The third-order valence-electron chi connectivity index (χ3n) is 2.67. The molecule has 0 aromatic heterocycles. The minimum Gasteiger partial charge on any atom is -0.330 e. The van der Waals surface area contributed by atoms with Gasteiger partial charge in [-0.05, 0) is 31.2 Å². The van der Waals surface area contributed by atoms with Crippen molar-refractivity contribution in [1.29, 1.82) is 0 Å². The van der Waals surface area contributed by atoms with Crippen LogP contribution >= 0.6 is 11.6 Å². The largest absolute Gasteiger partial charge is 0.330 e. The number of anilines is 1. The van der Waals surface area contributed by atoms with E-state index in [4.69, 9.17) is 17.3 Å². The molecule has 0 aliphatic carbocycles. The van der Waals surface area contributed by atoms with E-state index >= 15 is 0 Å². The lowest BCUT2D eigenvalue weighted by molar-refractivity contribution is -0.119. The predicted molar refractivity (Wildman–Crippen MR) is 76.0 cm³/mol. The highest BCUT2D eigenvalue weighted by atomic mass is 35.5. The van der Waals surface area contributed by atoms with Gasteiger partial charge in [-0.1, -0.05) is 18.5 Å². The Balaban J connectivity index is 2.98. The normalized spacial score (nSPS) is 13.1. The summed E-state index contributed by atoms with van der Waals surface area (Å²) in [6.45, 7) is 2.15. The van der Waals surface area contributed by atoms with Crippen LogP contribution in [0.25, 0.3) is 0 Å². The first-order chi connectivity index (χ1) is 8.75. The minimum atomic E-state index is -3.34. The lowest BCUT2D eigenvalue weighted by atomic mass is 10.1. The number of nitrogens with one attached hydrogen (secondary N) is 1. The molecule has 0 saturated heterocycles. The Morgan fingerprint density at radius 1 is 1.47 bits per heavy atom. The van der Waals surface area contributed by atoms with Crippen LogP contribution in [0.1, 0.15) is 13.3 Å². The third-order valence-corrected chi connectivity index (χ3v) is 4.11. The summed E-state index contributed by atoms with van der Waals surface area (Å²) in [7, 11) is -3.34. The van der Waals surface area contributed by atoms with E-state index in [-0.39, 0.29) is 16.7 Å². The Kier molecular flexibility index (Phi) is 5.34. The van der Waals surface area contributed by atoms with Gasteiger partial charge in [0.05, 0.1) is 15.6 Å². The molecule has 3 N–H and O–H groups in total. The van der Waals surface area contributed by atoms with Crippen LogP contribution in [0.4, 0.5) is 5.69 Å². The van der Waals surface area contributed by atoms with Gasteiger partial charge in [-0.2, -0.15) is 0 Å². The molecule has 1 amide bonds. The van der Waals surface area contributed by atoms with Gasteiger partial charge in [0, 0.05) is 12.2 Å². The fourth-order valence-electron chi connectivity index (χ4n) is 1.47. The maximum Gasteiger partial charge on any atom is 0.227 e. The summed E-state index contributed by atoms with van der Waals surface area (Å²) in [5.74, 6) is -0.499. The lowest BCUT2D eigenvalue weighted by Gasteiger charge is -2.13. The fourth-order valence-corrected chi connectivity index (χ4v) is 2.28. The Bertz CT molecular complexity index is 572. The van der Waals surface area contributed by atoms with Gasteiger partial charge in [-0.3, -0.25) is 4.79 Å². The smallest absolute Gasteiger partial charge is 0.227 e. The molecule has 1 atom stereocenters. The van der Waals surface area contributed by atoms with E-state index < -0.39 is 9.84 Å². The average Bonchev–Trinajstić information content (AvgIpc) is 2.30. The maximum atomic E-state index is 11.8. The number of sulfone groups is 1. The summed E-state index contributed by atoms with van der Waals surface area (Å²) in [5.41, 5.74) is 5.68. The molecule has 0 heterocycles. The van der Waals surface area contributed by atoms with Gasteiger partial charge in [0.25, 0.3) is 0 Å². The monoisotopic (exact) mass is 304 g/mol. The Morgan fingerprint density at radius 3 is 2.63 bits per heavy atom. The number of halogens is 1. The maximum absolute atomic E-state index is 11.8. The number of amides is 1. The lowest BCUT2D eigenvalue weighted by Crippen LogP contribution is -2.23. The van der Waals surface area contributed by atoms with E-state index in [0.717, 1.165) is 6.26 Å². The molecular formula is C12H17ClN2O3S. The van der Waals surface area contributed by atoms with Crippen molar-refractivity contribution in [3.8, 4) is 0 Å². The summed E-state index contributed by atoms with van der Waals surface area (Å²) in [6.07, 6.45) is 1.65. The molecular weight excluding hydrogens is 288 g/mol. The molecule has 1 aromatic rings. The predicted octanol–water partition coefficient (Wildman–Crippen LogP) is 1.67. The molecule has 0 bridgehead atoms. The minimum absolute atomic E-state index is 0.110. The molecule has 0 fully saturated rings. The number of benzene rings is 1. The molecule has 1 aromatic carbocycles. The van der Waals surface area contributed by atoms with Crippen LogP contribution in [0.5, 0.6) is 0 Å². The zero-order valence-corrected chi connectivity index (χ0v) is 12.4. The van der Waals surface area contributed by atoms with Crippen molar-refractivity contribution < 1.29 is 13.2 Å². The molecule has 0 aliphatic heterocycles. The standard InChI is InChI=1S/C12H17ClN2O3S/c1-8(5-6-14)12(16)15-11-7-9(19(2,17)18)3-4-10(11)13/h3-4,7-8H,5-6,14H2,1-2H3,(H,15,16). The Hall–Kier alpha value is -1.11. The van der Waals surface area contributed by atoms with Crippen LogP contribution in [0.2, 0.25) is 5.02 Å². The van der Waals surface area contributed by atoms with Crippen LogP contribution in [0, 0.1) is 5.92 Å². The second-order valence-electron chi connectivity index (χ2n) is 4.38. The first-order valence-electron chi connectivity index (χ1n) is 5.76. The molecule has 106 valence electrons. The molecule has 7 heteroatoms. The van der Waals surface area contributed by atoms with Crippen LogP contribution < -0.4 is 11.1 Å². The molecule has 0 spiro atoms. The molecule has 0 saturated carbocycles. The van der Waals surface area contributed by atoms with Gasteiger partial charge in [0.15, 0.2) is 9.84 Å². The van der Waals surface area contributed by atoms with Crippen molar-refractivity contribution in [3.63, 3.8) is 0 Å². The van der Waals surface area contributed by atoms with E-state index in [1.807, 2.05) is 0 Å². The second kappa shape index (κ2) is 6.36. The van der Waals surface area contributed by atoms with Gasteiger partial charge in [0.2, 0.25) is 5.91 Å². The quantitative estimate of drug-likeness (QED) is 0.866. The number of carbonyl (C=O) groups excluding carboxylic acids is 1. The summed E-state index contributed by atoms with van der Waals surface area (Å²) in [4.78, 5) is 12.0. The molecule has 19 heavy (non-hydrogen) atoms. The van der Waals surface area contributed by atoms with Gasteiger partial charge in [-0.25, -0.2) is 8.42 Å². The van der Waals surface area contributed by atoms with Gasteiger partial charge >= 0.3 is 0 Å². The molecule has 0 aliphatic rings. The first kappa shape index (κ1) is 15.9. The Morgan fingerprint density at radius 2 is 2.11 bits per heavy atom. The third kappa shape index (κ3) is 4.49. The van der Waals surface area contributed by atoms with E-state index in [1.165, 1.54) is 18.2 Å². The first-order valence-corrected chi connectivity index (χ1v) is 8.03. The van der Waals surface area contributed by atoms with E-state index in [2.05, 4.69) is 5.32 Å². The Labute approximate surface area is 118 Å². The summed E-state index contributed by atoms with van der Waals surface area (Å²) < 4.78 is 22.9. The van der Waals surface area contributed by atoms with Gasteiger partial charge < -0.3 is 11.1 Å². The summed E-state index contributed by atoms with van der Waals surface area (Å²) >= 11 is 5.94. The fraction of sp³-hybridized carbons (Fsp3) is 0.417. The van der Waals surface area contributed by atoms with Crippen molar-refractivity contribution in [1.82, 2.24) is 0 Å². The average molecular weight is 305 g/mol. The zero-order chi connectivity index (χ0) is 14.6. The van der Waals surface area contributed by atoms with Crippen molar-refractivity contribution in [2.45, 2.75) is 18.2 Å².